The van der Waals surface area contributed by atoms with Gasteiger partial charge >= 0.3 is 0 Å². The van der Waals surface area contributed by atoms with Crippen LogP contribution in [0.15, 0.2) is 30.5 Å². The number of hydrogen-bond acceptors (Lipinski definition) is 4. The monoisotopic (exact) mass is 310 g/mol. The highest BCUT2D eigenvalue weighted by Gasteiger charge is 2.07. The van der Waals surface area contributed by atoms with E-state index in [1.165, 1.54) is 16.9 Å². The van der Waals surface area contributed by atoms with E-state index in [1.807, 2.05) is 26.0 Å². The predicted molar refractivity (Wildman–Crippen MR) is 84.6 cm³/mol. The van der Waals surface area contributed by atoms with Gasteiger partial charge in [-0.1, -0.05) is 23.7 Å². The van der Waals surface area contributed by atoms with Gasteiger partial charge in [-0.05, 0) is 38.5 Å². The van der Waals surface area contributed by atoms with Gasteiger partial charge in [-0.2, -0.15) is 0 Å². The number of halogens is 1. The van der Waals surface area contributed by atoms with E-state index in [1.54, 1.807) is 6.20 Å². The molecule has 108 valence electrons. The number of nitrogens with one attached hydrogen (secondary N) is 1. The highest BCUT2D eigenvalue weighted by Crippen LogP contribution is 2.21. The molecular formula is C15H19ClN2OS. The van der Waals surface area contributed by atoms with E-state index >= 15 is 0 Å². The summed E-state index contributed by atoms with van der Waals surface area (Å²) in [5, 5.41) is 4.44. The normalized spacial score (nSPS) is 12.7. The van der Waals surface area contributed by atoms with Crippen molar-refractivity contribution in [1.29, 1.82) is 0 Å². The smallest absolute Gasteiger partial charge is 0.119 e. The maximum atomic E-state index is 5.87. The van der Waals surface area contributed by atoms with E-state index < -0.39 is 0 Å². The first-order valence-electron chi connectivity index (χ1n) is 6.65. The van der Waals surface area contributed by atoms with Gasteiger partial charge < -0.3 is 10.1 Å². The van der Waals surface area contributed by atoms with Crippen molar-refractivity contribution >= 4 is 22.9 Å². The van der Waals surface area contributed by atoms with Crippen LogP contribution in [0.3, 0.4) is 0 Å². The number of hydrogen-bond donors (Lipinski definition) is 1. The average molecular weight is 311 g/mol. The third kappa shape index (κ3) is 4.47. The molecule has 1 unspecified atom stereocenters. The van der Waals surface area contributed by atoms with Crippen LogP contribution in [0.1, 0.15) is 37.4 Å². The number of ether oxygens (including phenoxy) is 1. The molecule has 0 aliphatic carbocycles. The zero-order valence-corrected chi connectivity index (χ0v) is 13.5. The van der Waals surface area contributed by atoms with Gasteiger partial charge in [0.2, 0.25) is 0 Å². The second kappa shape index (κ2) is 7.07. The molecule has 1 atom stereocenters. The molecule has 1 aromatic heterocycles. The maximum Gasteiger partial charge on any atom is 0.119 e. The first kappa shape index (κ1) is 15.3. The number of benzene rings is 1. The summed E-state index contributed by atoms with van der Waals surface area (Å²) in [5.41, 5.74) is 1.23. The SMILES string of the molecule is CC(C)Oc1ccc(C(C)NCc2ncc(Cl)s2)cc1. The minimum absolute atomic E-state index is 0.200. The number of rotatable bonds is 6. The van der Waals surface area contributed by atoms with Gasteiger partial charge in [0.1, 0.15) is 15.1 Å². The first-order valence-corrected chi connectivity index (χ1v) is 7.84. The second-order valence-corrected chi connectivity index (χ2v) is 6.64. The average Bonchev–Trinajstić information content (AvgIpc) is 2.82. The fourth-order valence-corrected chi connectivity index (χ4v) is 2.74. The van der Waals surface area contributed by atoms with E-state index in [2.05, 4.69) is 29.4 Å². The molecule has 1 N–H and O–H groups in total. The third-order valence-corrected chi connectivity index (χ3v) is 3.95. The quantitative estimate of drug-likeness (QED) is 0.856. The van der Waals surface area contributed by atoms with Gasteiger partial charge in [-0.15, -0.1) is 11.3 Å². The molecule has 0 fully saturated rings. The third-order valence-electron chi connectivity index (χ3n) is 2.84. The zero-order chi connectivity index (χ0) is 14.5. The lowest BCUT2D eigenvalue weighted by Crippen LogP contribution is -2.17. The van der Waals surface area contributed by atoms with Crippen molar-refractivity contribution in [3.8, 4) is 5.75 Å². The van der Waals surface area contributed by atoms with Gasteiger partial charge in [0.25, 0.3) is 0 Å². The number of thiazole rings is 1. The largest absolute Gasteiger partial charge is 0.491 e. The molecule has 0 radical (unpaired) electrons. The van der Waals surface area contributed by atoms with Crippen LogP contribution in [-0.2, 0) is 6.54 Å². The van der Waals surface area contributed by atoms with Crippen molar-refractivity contribution in [2.75, 3.05) is 0 Å². The van der Waals surface area contributed by atoms with Crippen LogP contribution >= 0.6 is 22.9 Å². The standard InChI is InChI=1S/C15H19ClN2OS/c1-10(2)19-13-6-4-12(5-7-13)11(3)17-9-15-18-8-14(16)20-15/h4-8,10-11,17H,9H2,1-3H3. The summed E-state index contributed by atoms with van der Waals surface area (Å²) in [7, 11) is 0. The van der Waals surface area contributed by atoms with Crippen molar-refractivity contribution in [2.24, 2.45) is 0 Å². The molecule has 0 amide bonds. The molecule has 0 aliphatic heterocycles. The van der Waals surface area contributed by atoms with Gasteiger partial charge in [-0.3, -0.25) is 0 Å². The van der Waals surface area contributed by atoms with Crippen molar-refractivity contribution in [1.82, 2.24) is 10.3 Å². The highest BCUT2D eigenvalue weighted by atomic mass is 35.5. The maximum absolute atomic E-state index is 5.87. The minimum atomic E-state index is 0.200. The highest BCUT2D eigenvalue weighted by molar-refractivity contribution is 7.15. The minimum Gasteiger partial charge on any atom is -0.491 e. The summed E-state index contributed by atoms with van der Waals surface area (Å²) in [6, 6.07) is 8.45. The Morgan fingerprint density at radius 2 is 1.95 bits per heavy atom. The van der Waals surface area contributed by atoms with Crippen LogP contribution in [-0.4, -0.2) is 11.1 Å². The van der Waals surface area contributed by atoms with Crippen molar-refractivity contribution in [3.63, 3.8) is 0 Å². The Labute approximate surface area is 129 Å². The Morgan fingerprint density at radius 1 is 1.25 bits per heavy atom. The van der Waals surface area contributed by atoms with E-state index in [-0.39, 0.29) is 12.1 Å². The Balaban J connectivity index is 1.90. The van der Waals surface area contributed by atoms with Crippen LogP contribution < -0.4 is 10.1 Å². The predicted octanol–water partition coefficient (Wildman–Crippen LogP) is 4.43. The van der Waals surface area contributed by atoms with Gasteiger partial charge in [0, 0.05) is 12.6 Å². The summed E-state index contributed by atoms with van der Waals surface area (Å²) in [5.74, 6) is 0.905. The van der Waals surface area contributed by atoms with Crippen LogP contribution in [0.25, 0.3) is 0 Å². The molecule has 0 spiro atoms. The molecule has 0 aliphatic rings. The lowest BCUT2D eigenvalue weighted by molar-refractivity contribution is 0.242. The molecule has 0 saturated carbocycles. The lowest BCUT2D eigenvalue weighted by atomic mass is 10.1. The van der Waals surface area contributed by atoms with Crippen molar-refractivity contribution < 1.29 is 4.74 Å². The van der Waals surface area contributed by atoms with Crippen LogP contribution in [0.4, 0.5) is 0 Å². The molecular weight excluding hydrogens is 292 g/mol. The Hall–Kier alpha value is -1.10. The molecule has 20 heavy (non-hydrogen) atoms. The molecule has 1 aromatic carbocycles. The number of nitrogens with zero attached hydrogens (tertiary/aromatic N) is 1. The van der Waals surface area contributed by atoms with Gasteiger partial charge in [0.05, 0.1) is 12.3 Å². The second-order valence-electron chi connectivity index (χ2n) is 4.90. The van der Waals surface area contributed by atoms with E-state index in [4.69, 9.17) is 16.3 Å². The first-order chi connectivity index (χ1) is 9.54. The topological polar surface area (TPSA) is 34.1 Å². The molecule has 0 bridgehead atoms. The molecule has 1 heterocycles. The van der Waals surface area contributed by atoms with Crippen molar-refractivity contribution in [2.45, 2.75) is 39.5 Å². The van der Waals surface area contributed by atoms with E-state index in [0.717, 1.165) is 21.6 Å². The molecule has 2 aromatic rings. The fourth-order valence-electron chi connectivity index (χ4n) is 1.84. The van der Waals surface area contributed by atoms with Gasteiger partial charge in [-0.25, -0.2) is 4.98 Å². The van der Waals surface area contributed by atoms with Crippen LogP contribution in [0.5, 0.6) is 5.75 Å². The molecule has 0 saturated heterocycles. The summed E-state index contributed by atoms with van der Waals surface area (Å²) in [6.07, 6.45) is 1.89. The molecule has 3 nitrogen and oxygen atoms in total. The number of aromatic nitrogens is 1. The summed E-state index contributed by atoms with van der Waals surface area (Å²) in [4.78, 5) is 4.23. The summed E-state index contributed by atoms with van der Waals surface area (Å²) >= 11 is 7.37. The van der Waals surface area contributed by atoms with E-state index in [9.17, 15) is 0 Å². The molecule has 5 heteroatoms. The fraction of sp³-hybridized carbons (Fsp3) is 0.400. The Bertz CT molecular complexity index is 539. The van der Waals surface area contributed by atoms with Gasteiger partial charge in [0.15, 0.2) is 0 Å². The zero-order valence-electron chi connectivity index (χ0n) is 11.9. The van der Waals surface area contributed by atoms with E-state index in [0.29, 0.717) is 0 Å². The Kier molecular flexibility index (Phi) is 5.40. The molecule has 2 rings (SSSR count). The van der Waals surface area contributed by atoms with Crippen LogP contribution in [0, 0.1) is 0 Å². The lowest BCUT2D eigenvalue weighted by Gasteiger charge is -2.15. The Morgan fingerprint density at radius 3 is 2.50 bits per heavy atom. The summed E-state index contributed by atoms with van der Waals surface area (Å²) in [6.45, 7) is 6.91. The van der Waals surface area contributed by atoms with Crippen molar-refractivity contribution in [3.05, 3.63) is 45.4 Å². The summed E-state index contributed by atoms with van der Waals surface area (Å²) < 4.78 is 6.36. The van der Waals surface area contributed by atoms with Crippen LogP contribution in [0.2, 0.25) is 4.34 Å².